The fraction of sp³-hybridized carbons (Fsp3) is 0.308. The van der Waals surface area contributed by atoms with Gasteiger partial charge in [0, 0.05) is 11.9 Å². The predicted octanol–water partition coefficient (Wildman–Crippen LogP) is 1.22. The molecule has 0 bridgehead atoms. The molecule has 5 nitrogen and oxygen atoms in total. The van der Waals surface area contributed by atoms with Gasteiger partial charge in [-0.1, -0.05) is 30.0 Å². The summed E-state index contributed by atoms with van der Waals surface area (Å²) in [6.45, 7) is 1.90. The molecule has 0 unspecified atom stereocenters. The molecule has 1 heterocycles. The van der Waals surface area contributed by atoms with Crippen LogP contribution in [-0.4, -0.2) is 39.4 Å². The van der Waals surface area contributed by atoms with Crippen LogP contribution >= 0.6 is 11.8 Å². The average Bonchev–Trinajstić information content (AvgIpc) is 2.42. The highest BCUT2D eigenvalue weighted by atomic mass is 32.2. The molecule has 2 rings (SSSR count). The fourth-order valence-electron chi connectivity index (χ4n) is 1.54. The van der Waals surface area contributed by atoms with Crippen LogP contribution < -0.4 is 5.32 Å². The number of para-hydroxylation sites is 1. The Morgan fingerprint density at radius 1 is 1.42 bits per heavy atom. The molecular formula is C13H15N3O2S. The van der Waals surface area contributed by atoms with Gasteiger partial charge in [0.2, 0.25) is 5.91 Å². The normalized spacial score (nSPS) is 12.3. The van der Waals surface area contributed by atoms with Crippen LogP contribution in [-0.2, 0) is 4.79 Å². The van der Waals surface area contributed by atoms with Crippen molar-refractivity contribution >= 4 is 28.6 Å². The molecule has 2 N–H and O–H groups in total. The summed E-state index contributed by atoms with van der Waals surface area (Å²) in [4.78, 5) is 19.9. The Balaban J connectivity index is 2.00. The van der Waals surface area contributed by atoms with Gasteiger partial charge >= 0.3 is 0 Å². The molecule has 0 spiro atoms. The highest BCUT2D eigenvalue weighted by molar-refractivity contribution is 8.00. The summed E-state index contributed by atoms with van der Waals surface area (Å²) >= 11 is 1.36. The number of hydrogen-bond acceptors (Lipinski definition) is 5. The molecule has 0 aliphatic carbocycles. The predicted molar refractivity (Wildman–Crippen MR) is 75.0 cm³/mol. The van der Waals surface area contributed by atoms with E-state index in [1.807, 2.05) is 24.3 Å². The highest BCUT2D eigenvalue weighted by Gasteiger charge is 2.07. The molecule has 1 aromatic heterocycles. The van der Waals surface area contributed by atoms with Crippen molar-refractivity contribution in [2.24, 2.45) is 0 Å². The van der Waals surface area contributed by atoms with Gasteiger partial charge in [-0.25, -0.2) is 9.97 Å². The fourth-order valence-corrected chi connectivity index (χ4v) is 2.36. The smallest absolute Gasteiger partial charge is 0.230 e. The van der Waals surface area contributed by atoms with Gasteiger partial charge in [-0.05, 0) is 13.0 Å². The zero-order chi connectivity index (χ0) is 13.7. The molecule has 0 aliphatic heterocycles. The van der Waals surface area contributed by atoms with E-state index in [2.05, 4.69) is 15.3 Å². The van der Waals surface area contributed by atoms with E-state index in [9.17, 15) is 4.79 Å². The van der Waals surface area contributed by atoms with Crippen LogP contribution in [0.15, 0.2) is 35.6 Å². The maximum atomic E-state index is 11.6. The van der Waals surface area contributed by atoms with Crippen LogP contribution in [0.4, 0.5) is 0 Å². The SMILES string of the molecule is C[C@@H](O)CNC(=O)CSc1ncnc2ccccc12. The summed E-state index contributed by atoms with van der Waals surface area (Å²) in [5.41, 5.74) is 0.865. The lowest BCUT2D eigenvalue weighted by Gasteiger charge is -2.07. The van der Waals surface area contributed by atoms with E-state index in [1.54, 1.807) is 6.92 Å². The third kappa shape index (κ3) is 3.90. The molecule has 0 radical (unpaired) electrons. The van der Waals surface area contributed by atoms with Crippen molar-refractivity contribution in [3.63, 3.8) is 0 Å². The molecule has 2 aromatic rings. The maximum absolute atomic E-state index is 11.6. The number of carbonyl (C=O) groups is 1. The molecule has 100 valence electrons. The van der Waals surface area contributed by atoms with E-state index in [0.717, 1.165) is 15.9 Å². The van der Waals surface area contributed by atoms with Gasteiger partial charge in [0.25, 0.3) is 0 Å². The number of hydrogen-bond donors (Lipinski definition) is 2. The van der Waals surface area contributed by atoms with Crippen LogP contribution in [0.2, 0.25) is 0 Å². The Kier molecular flexibility index (Phi) is 4.70. The van der Waals surface area contributed by atoms with E-state index in [0.29, 0.717) is 0 Å². The number of rotatable bonds is 5. The van der Waals surface area contributed by atoms with Crippen molar-refractivity contribution in [3.8, 4) is 0 Å². The Morgan fingerprint density at radius 2 is 2.21 bits per heavy atom. The first-order valence-electron chi connectivity index (χ1n) is 5.94. The Labute approximate surface area is 115 Å². The van der Waals surface area contributed by atoms with Crippen LogP contribution in [0.5, 0.6) is 0 Å². The number of thioether (sulfide) groups is 1. The van der Waals surface area contributed by atoms with Gasteiger partial charge in [0.05, 0.1) is 17.4 Å². The third-order valence-electron chi connectivity index (χ3n) is 2.44. The standard InChI is InChI=1S/C13H15N3O2S/c1-9(17)6-14-12(18)7-19-13-10-4-2-3-5-11(10)15-8-16-13/h2-5,8-9,17H,6-7H2,1H3,(H,14,18)/t9-/m1/s1. The molecule has 0 saturated carbocycles. The second-order valence-electron chi connectivity index (χ2n) is 4.14. The third-order valence-corrected chi connectivity index (χ3v) is 3.45. The summed E-state index contributed by atoms with van der Waals surface area (Å²) < 4.78 is 0. The lowest BCUT2D eigenvalue weighted by molar-refractivity contribution is -0.118. The second kappa shape index (κ2) is 6.49. The minimum Gasteiger partial charge on any atom is -0.392 e. The van der Waals surface area contributed by atoms with E-state index in [4.69, 9.17) is 5.11 Å². The molecule has 1 amide bonds. The van der Waals surface area contributed by atoms with Crippen LogP contribution in [0, 0.1) is 0 Å². The molecule has 6 heteroatoms. The molecule has 0 saturated heterocycles. The maximum Gasteiger partial charge on any atom is 0.230 e. The lowest BCUT2D eigenvalue weighted by Crippen LogP contribution is -2.31. The summed E-state index contributed by atoms with van der Waals surface area (Å²) in [6, 6.07) is 7.68. The van der Waals surface area contributed by atoms with Gasteiger partial charge < -0.3 is 10.4 Å². The van der Waals surface area contributed by atoms with Gasteiger partial charge in [0.15, 0.2) is 0 Å². The van der Waals surface area contributed by atoms with Gasteiger partial charge in [0.1, 0.15) is 11.4 Å². The number of fused-ring (bicyclic) bond motifs is 1. The monoisotopic (exact) mass is 277 g/mol. The number of nitrogens with one attached hydrogen (secondary N) is 1. The van der Waals surface area contributed by atoms with Crippen molar-refractivity contribution in [1.82, 2.24) is 15.3 Å². The van der Waals surface area contributed by atoms with Crippen LogP contribution in [0.3, 0.4) is 0 Å². The minimum absolute atomic E-state index is 0.117. The molecule has 1 aromatic carbocycles. The van der Waals surface area contributed by atoms with Crippen LogP contribution in [0.1, 0.15) is 6.92 Å². The van der Waals surface area contributed by atoms with Crippen molar-refractivity contribution in [2.75, 3.05) is 12.3 Å². The first-order valence-corrected chi connectivity index (χ1v) is 6.92. The average molecular weight is 277 g/mol. The summed E-state index contributed by atoms with van der Waals surface area (Å²) in [7, 11) is 0. The molecule has 19 heavy (non-hydrogen) atoms. The van der Waals surface area contributed by atoms with E-state index >= 15 is 0 Å². The number of aliphatic hydroxyl groups is 1. The Hall–Kier alpha value is -1.66. The number of nitrogens with zero attached hydrogens (tertiary/aromatic N) is 2. The zero-order valence-electron chi connectivity index (χ0n) is 10.5. The minimum atomic E-state index is -0.533. The molecule has 1 atom stereocenters. The first-order chi connectivity index (χ1) is 9.16. The zero-order valence-corrected chi connectivity index (χ0v) is 11.4. The number of benzene rings is 1. The number of amides is 1. The quantitative estimate of drug-likeness (QED) is 0.635. The van der Waals surface area contributed by atoms with Gasteiger partial charge in [-0.15, -0.1) is 0 Å². The van der Waals surface area contributed by atoms with Crippen molar-refractivity contribution in [1.29, 1.82) is 0 Å². The number of aliphatic hydroxyl groups excluding tert-OH is 1. The van der Waals surface area contributed by atoms with Gasteiger partial charge in [-0.3, -0.25) is 4.79 Å². The summed E-state index contributed by atoms with van der Waals surface area (Å²) in [5.74, 6) is 0.155. The largest absolute Gasteiger partial charge is 0.392 e. The van der Waals surface area contributed by atoms with Crippen molar-refractivity contribution in [3.05, 3.63) is 30.6 Å². The second-order valence-corrected chi connectivity index (χ2v) is 5.10. The van der Waals surface area contributed by atoms with Crippen molar-refractivity contribution in [2.45, 2.75) is 18.1 Å². The van der Waals surface area contributed by atoms with Crippen LogP contribution in [0.25, 0.3) is 10.9 Å². The topological polar surface area (TPSA) is 75.1 Å². The van der Waals surface area contributed by atoms with E-state index in [1.165, 1.54) is 18.1 Å². The number of carbonyl (C=O) groups excluding carboxylic acids is 1. The summed E-state index contributed by atoms with van der Waals surface area (Å²) in [6.07, 6.45) is 0.965. The van der Waals surface area contributed by atoms with E-state index < -0.39 is 6.10 Å². The lowest BCUT2D eigenvalue weighted by atomic mass is 10.2. The van der Waals surface area contributed by atoms with E-state index in [-0.39, 0.29) is 18.2 Å². The summed E-state index contributed by atoms with van der Waals surface area (Å²) in [5, 5.41) is 13.5. The first kappa shape index (κ1) is 13.8. The van der Waals surface area contributed by atoms with Gasteiger partial charge in [-0.2, -0.15) is 0 Å². The highest BCUT2D eigenvalue weighted by Crippen LogP contribution is 2.23. The Bertz CT molecular complexity index is 569. The van der Waals surface area contributed by atoms with Crippen molar-refractivity contribution < 1.29 is 9.90 Å². The molecule has 0 aliphatic rings. The molecule has 0 fully saturated rings. The Morgan fingerprint density at radius 3 is 3.00 bits per heavy atom. The molecular weight excluding hydrogens is 262 g/mol. The number of aromatic nitrogens is 2.